The molecule has 6 nitrogen and oxygen atoms in total. The Balaban J connectivity index is 1.66. The van der Waals surface area contributed by atoms with Crippen molar-refractivity contribution < 1.29 is 28.6 Å². The van der Waals surface area contributed by atoms with Gasteiger partial charge < -0.3 is 24.0 Å². The van der Waals surface area contributed by atoms with E-state index in [0.717, 1.165) is 59.3 Å². The van der Waals surface area contributed by atoms with Crippen molar-refractivity contribution in [1.82, 2.24) is 0 Å². The Hall–Kier alpha value is -2.63. The van der Waals surface area contributed by atoms with E-state index >= 15 is 0 Å². The maximum Gasteiger partial charge on any atom is 0.362 e. The van der Waals surface area contributed by atoms with Gasteiger partial charge in [0.15, 0.2) is 13.1 Å². The summed E-state index contributed by atoms with van der Waals surface area (Å²) in [5.74, 6) is 1.38. The lowest BCUT2D eigenvalue weighted by Crippen LogP contribution is -2.10. The summed E-state index contributed by atoms with van der Waals surface area (Å²) in [7, 11) is -4.26. The molecule has 0 saturated heterocycles. The molecule has 0 unspecified atom stereocenters. The fourth-order valence-electron chi connectivity index (χ4n) is 4.52. The fraction of sp³-hybridized carbons (Fsp3) is 0.379. The molecule has 2 N–H and O–H groups in total. The number of hydrogen-bond acceptors (Lipinski definition) is 4. The van der Waals surface area contributed by atoms with Crippen LogP contribution in [-0.4, -0.2) is 29.5 Å². The molecular weight excluding hydrogens is 475 g/mol. The van der Waals surface area contributed by atoms with Crippen LogP contribution in [0.15, 0.2) is 54.6 Å². The normalized spacial score (nSPS) is 11.5. The highest BCUT2D eigenvalue weighted by Crippen LogP contribution is 2.40. The van der Waals surface area contributed by atoms with Crippen LogP contribution in [0.3, 0.4) is 0 Å². The molecule has 0 radical (unpaired) electrons. The van der Waals surface area contributed by atoms with Crippen LogP contribution in [0.2, 0.25) is 0 Å². The lowest BCUT2D eigenvalue weighted by molar-refractivity contribution is 0.0169. The Morgan fingerprint density at radius 2 is 1.39 bits per heavy atom. The summed E-state index contributed by atoms with van der Waals surface area (Å²) in [4.78, 5) is 18.6. The van der Waals surface area contributed by atoms with Crippen molar-refractivity contribution in [3.05, 3.63) is 93.5 Å². The van der Waals surface area contributed by atoms with Crippen molar-refractivity contribution in [2.75, 3.05) is 19.7 Å². The molecule has 0 aliphatic carbocycles. The summed E-state index contributed by atoms with van der Waals surface area (Å²) in [5.41, 5.74) is 7.87. The van der Waals surface area contributed by atoms with Crippen molar-refractivity contribution in [3.63, 3.8) is 0 Å². The second-order valence-electron chi connectivity index (χ2n) is 8.89. The van der Waals surface area contributed by atoms with Gasteiger partial charge in [0.2, 0.25) is 0 Å². The minimum absolute atomic E-state index is 0.209. The van der Waals surface area contributed by atoms with Crippen LogP contribution in [0.5, 0.6) is 11.5 Å². The molecule has 3 aromatic rings. The minimum Gasteiger partial charge on any atom is -0.480 e. The van der Waals surface area contributed by atoms with Gasteiger partial charge >= 0.3 is 7.60 Å². The second kappa shape index (κ2) is 13.1. The first kappa shape index (κ1) is 27.9. The predicted molar refractivity (Wildman–Crippen MR) is 143 cm³/mol. The van der Waals surface area contributed by atoms with Crippen molar-refractivity contribution in [3.8, 4) is 11.5 Å². The molecule has 0 fully saturated rings. The molecule has 36 heavy (non-hydrogen) atoms. The summed E-state index contributed by atoms with van der Waals surface area (Å²) in [5, 5.41) is 0. The van der Waals surface area contributed by atoms with E-state index in [0.29, 0.717) is 12.4 Å². The third-order valence-electron chi connectivity index (χ3n) is 6.43. The molecule has 0 atom stereocenters. The van der Waals surface area contributed by atoms with E-state index in [-0.39, 0.29) is 6.79 Å². The maximum absolute atomic E-state index is 11.4. The predicted octanol–water partition coefficient (Wildman–Crippen LogP) is 6.13. The van der Waals surface area contributed by atoms with E-state index in [4.69, 9.17) is 14.2 Å². The molecule has 3 aromatic carbocycles. The number of benzene rings is 3. The largest absolute Gasteiger partial charge is 0.480 e. The van der Waals surface area contributed by atoms with Crippen LogP contribution < -0.4 is 9.47 Å². The molecule has 0 aromatic heterocycles. The highest BCUT2D eigenvalue weighted by molar-refractivity contribution is 7.51. The summed E-state index contributed by atoms with van der Waals surface area (Å²) in [6.45, 7) is 9.03. The number of ether oxygens (including phenoxy) is 3. The van der Waals surface area contributed by atoms with E-state index in [9.17, 15) is 14.4 Å². The molecule has 0 saturated carbocycles. The van der Waals surface area contributed by atoms with E-state index in [2.05, 4.69) is 38.1 Å². The van der Waals surface area contributed by atoms with Gasteiger partial charge in [0.25, 0.3) is 0 Å². The van der Waals surface area contributed by atoms with Gasteiger partial charge in [0.05, 0.1) is 6.61 Å². The average Bonchev–Trinajstić information content (AvgIpc) is 2.86. The van der Waals surface area contributed by atoms with Gasteiger partial charge in [-0.2, -0.15) is 0 Å². The highest BCUT2D eigenvalue weighted by Gasteiger charge is 2.22. The van der Waals surface area contributed by atoms with Crippen LogP contribution in [-0.2, 0) is 35.0 Å². The quantitative estimate of drug-likeness (QED) is 0.163. The number of rotatable bonds is 13. The van der Waals surface area contributed by atoms with E-state index in [1.54, 1.807) is 0 Å². The molecule has 0 amide bonds. The first-order chi connectivity index (χ1) is 17.2. The minimum atomic E-state index is -4.26. The molecule has 7 heteroatoms. The van der Waals surface area contributed by atoms with Gasteiger partial charge in [-0.3, -0.25) is 4.57 Å². The zero-order chi connectivity index (χ0) is 26.1. The van der Waals surface area contributed by atoms with Gasteiger partial charge in [0, 0.05) is 0 Å². The zero-order valence-electron chi connectivity index (χ0n) is 21.6. The molecule has 0 aliphatic heterocycles. The molecule has 0 heterocycles. The third kappa shape index (κ3) is 7.68. The Kier molecular flexibility index (Phi) is 10.1. The topological polar surface area (TPSA) is 85.2 Å². The maximum atomic E-state index is 11.4. The lowest BCUT2D eigenvalue weighted by Gasteiger charge is -2.23. The van der Waals surface area contributed by atoms with Crippen molar-refractivity contribution in [2.24, 2.45) is 0 Å². The zero-order valence-corrected chi connectivity index (χ0v) is 22.5. The van der Waals surface area contributed by atoms with Crippen LogP contribution >= 0.6 is 7.60 Å². The van der Waals surface area contributed by atoms with Gasteiger partial charge in [-0.05, 0) is 90.6 Å². The van der Waals surface area contributed by atoms with Gasteiger partial charge in [0.1, 0.15) is 11.5 Å². The van der Waals surface area contributed by atoms with Gasteiger partial charge in [-0.25, -0.2) is 0 Å². The molecule has 0 aliphatic rings. The third-order valence-corrected chi connectivity index (χ3v) is 6.90. The Morgan fingerprint density at radius 1 is 0.778 bits per heavy atom. The summed E-state index contributed by atoms with van der Waals surface area (Å²) in [6.07, 6.45) is 2.44. The molecule has 3 rings (SSSR count). The number of hydrogen-bond donors (Lipinski definition) is 2. The summed E-state index contributed by atoms with van der Waals surface area (Å²) < 4.78 is 28.5. The van der Waals surface area contributed by atoms with E-state index in [1.807, 2.05) is 44.2 Å². The summed E-state index contributed by atoms with van der Waals surface area (Å²) >= 11 is 0. The summed E-state index contributed by atoms with van der Waals surface area (Å²) in [6, 6.07) is 18.3. The van der Waals surface area contributed by atoms with E-state index < -0.39 is 13.9 Å². The monoisotopic (exact) mass is 512 g/mol. The average molecular weight is 513 g/mol. The Labute approximate surface area is 214 Å². The molecule has 0 bridgehead atoms. The molecule has 0 spiro atoms. The second-order valence-corrected chi connectivity index (χ2v) is 10.5. The smallest absolute Gasteiger partial charge is 0.362 e. The highest BCUT2D eigenvalue weighted by atomic mass is 31.2. The van der Waals surface area contributed by atoms with Crippen LogP contribution in [0, 0.1) is 13.8 Å². The van der Waals surface area contributed by atoms with Crippen molar-refractivity contribution in [1.29, 1.82) is 0 Å². The Bertz CT molecular complexity index is 1140. The van der Waals surface area contributed by atoms with Crippen LogP contribution in [0.25, 0.3) is 0 Å². The van der Waals surface area contributed by atoms with Crippen molar-refractivity contribution in [2.45, 2.75) is 53.4 Å². The molecule has 194 valence electrons. The first-order valence-electron chi connectivity index (χ1n) is 12.4. The van der Waals surface area contributed by atoms with Gasteiger partial charge in [-0.1, -0.05) is 56.3 Å². The van der Waals surface area contributed by atoms with Gasteiger partial charge in [-0.15, -0.1) is 0 Å². The van der Waals surface area contributed by atoms with E-state index in [1.165, 1.54) is 11.1 Å². The van der Waals surface area contributed by atoms with Crippen LogP contribution in [0.4, 0.5) is 0 Å². The molecular formula is C29H37O6P. The first-order valence-corrected chi connectivity index (χ1v) is 14.2. The van der Waals surface area contributed by atoms with Crippen LogP contribution in [0.1, 0.15) is 52.8 Å². The fourth-order valence-corrected chi connectivity index (χ4v) is 4.82. The Morgan fingerprint density at radius 3 is 1.94 bits per heavy atom. The lowest BCUT2D eigenvalue weighted by atomic mass is 9.86. The SMILES string of the molecule is CCc1c(C)c(Cc2ccc(OCOCCc3ccccc3)cc2)c(C)c(CC)c1OCP(=O)(O)O. The van der Waals surface area contributed by atoms with Crippen molar-refractivity contribution >= 4 is 7.60 Å². The standard InChI is InChI=1S/C29H37O6P/c1-5-26-21(3)28(22(4)27(6-2)29(26)35-20-36(30,31)32)18-24-12-14-25(15-13-24)34-19-33-17-16-23-10-8-7-9-11-23/h7-15H,5-6,16-20H2,1-4H3,(H2,30,31,32).